The fourth-order valence-electron chi connectivity index (χ4n) is 3.47. The quantitative estimate of drug-likeness (QED) is 0.705. The first-order chi connectivity index (χ1) is 11.2. The Hall–Kier alpha value is -0.860. The molecule has 1 aliphatic carbocycles. The van der Waals surface area contributed by atoms with Gasteiger partial charge in [0.1, 0.15) is 0 Å². The molecule has 2 heteroatoms. The molecule has 1 aromatic carbocycles. The summed E-state index contributed by atoms with van der Waals surface area (Å²) in [4.78, 5) is 0. The Kier molecular flexibility index (Phi) is 7.58. The standard InChI is InChI=1S/C19H28O2.C2H6/c1-14-3-5-16(6-4-14)11-17-7-9-18(10-8-17)19-20-12-15(2)13-21-19;1-2/h7-10,14-16,19H,3-6,11-13H2,1-2H3;1-2H3. The van der Waals surface area contributed by atoms with Crippen molar-refractivity contribution in [3.8, 4) is 0 Å². The van der Waals surface area contributed by atoms with E-state index in [-0.39, 0.29) is 6.29 Å². The fourth-order valence-corrected chi connectivity index (χ4v) is 3.47. The van der Waals surface area contributed by atoms with Crippen molar-refractivity contribution in [2.45, 2.75) is 66.1 Å². The molecule has 0 spiro atoms. The lowest BCUT2D eigenvalue weighted by molar-refractivity contribution is -0.202. The van der Waals surface area contributed by atoms with Crippen molar-refractivity contribution in [2.24, 2.45) is 17.8 Å². The van der Waals surface area contributed by atoms with Gasteiger partial charge in [-0.15, -0.1) is 0 Å². The molecule has 1 saturated heterocycles. The average Bonchev–Trinajstić information content (AvgIpc) is 2.60. The zero-order chi connectivity index (χ0) is 16.7. The number of ether oxygens (including phenoxy) is 2. The fraction of sp³-hybridized carbons (Fsp3) is 0.714. The predicted octanol–water partition coefficient (Wildman–Crippen LogP) is 5.76. The van der Waals surface area contributed by atoms with Crippen LogP contribution in [0.2, 0.25) is 0 Å². The van der Waals surface area contributed by atoms with Gasteiger partial charge in [-0.2, -0.15) is 0 Å². The van der Waals surface area contributed by atoms with Crippen LogP contribution in [0.3, 0.4) is 0 Å². The summed E-state index contributed by atoms with van der Waals surface area (Å²) in [5.74, 6) is 2.33. The van der Waals surface area contributed by atoms with E-state index in [2.05, 4.69) is 38.1 Å². The van der Waals surface area contributed by atoms with Gasteiger partial charge in [0.15, 0.2) is 6.29 Å². The van der Waals surface area contributed by atoms with Crippen LogP contribution in [0.1, 0.15) is 70.8 Å². The monoisotopic (exact) mass is 318 g/mol. The smallest absolute Gasteiger partial charge is 0.183 e. The Morgan fingerprint density at radius 3 is 1.96 bits per heavy atom. The third-order valence-corrected chi connectivity index (χ3v) is 4.98. The van der Waals surface area contributed by atoms with Crippen LogP contribution < -0.4 is 0 Å². The number of rotatable bonds is 3. The Balaban J connectivity index is 0.000000924. The maximum atomic E-state index is 5.76. The van der Waals surface area contributed by atoms with Crippen LogP contribution >= 0.6 is 0 Å². The SMILES string of the molecule is CC.CC1CCC(Cc2ccc(C3OCC(C)CO3)cc2)CC1. The summed E-state index contributed by atoms with van der Waals surface area (Å²) in [6.07, 6.45) is 6.68. The van der Waals surface area contributed by atoms with Crippen LogP contribution in [0.15, 0.2) is 24.3 Å². The Morgan fingerprint density at radius 1 is 0.826 bits per heavy atom. The normalized spacial score (nSPS) is 31.1. The lowest BCUT2D eigenvalue weighted by Gasteiger charge is -2.28. The molecule has 0 unspecified atom stereocenters. The van der Waals surface area contributed by atoms with E-state index in [0.29, 0.717) is 5.92 Å². The first-order valence-corrected chi connectivity index (χ1v) is 9.52. The molecule has 0 radical (unpaired) electrons. The molecule has 2 fully saturated rings. The molecule has 23 heavy (non-hydrogen) atoms. The highest BCUT2D eigenvalue weighted by Crippen LogP contribution is 2.31. The van der Waals surface area contributed by atoms with Gasteiger partial charge in [-0.25, -0.2) is 0 Å². The lowest BCUT2D eigenvalue weighted by Crippen LogP contribution is -2.25. The second-order valence-corrected chi connectivity index (χ2v) is 7.18. The van der Waals surface area contributed by atoms with Crippen molar-refractivity contribution in [1.29, 1.82) is 0 Å². The van der Waals surface area contributed by atoms with Crippen LogP contribution in [-0.4, -0.2) is 13.2 Å². The van der Waals surface area contributed by atoms with Crippen molar-refractivity contribution in [2.75, 3.05) is 13.2 Å². The first kappa shape index (κ1) is 18.5. The van der Waals surface area contributed by atoms with Gasteiger partial charge in [0.05, 0.1) is 13.2 Å². The van der Waals surface area contributed by atoms with E-state index in [1.165, 1.54) is 37.7 Å². The summed E-state index contributed by atoms with van der Waals surface area (Å²) in [5, 5.41) is 0. The van der Waals surface area contributed by atoms with Gasteiger partial charge in [0.25, 0.3) is 0 Å². The van der Waals surface area contributed by atoms with E-state index in [1.54, 1.807) is 0 Å². The van der Waals surface area contributed by atoms with Crippen LogP contribution in [0, 0.1) is 17.8 Å². The van der Waals surface area contributed by atoms with Crippen LogP contribution in [0.5, 0.6) is 0 Å². The topological polar surface area (TPSA) is 18.5 Å². The van der Waals surface area contributed by atoms with Crippen LogP contribution in [0.4, 0.5) is 0 Å². The van der Waals surface area contributed by atoms with E-state index in [4.69, 9.17) is 9.47 Å². The second-order valence-electron chi connectivity index (χ2n) is 7.18. The Labute approximate surface area is 142 Å². The van der Waals surface area contributed by atoms with Gasteiger partial charge in [-0.3, -0.25) is 0 Å². The molecule has 1 aliphatic heterocycles. The van der Waals surface area contributed by atoms with Crippen molar-refractivity contribution in [3.63, 3.8) is 0 Å². The summed E-state index contributed by atoms with van der Waals surface area (Å²) in [6, 6.07) is 8.89. The van der Waals surface area contributed by atoms with Crippen molar-refractivity contribution in [3.05, 3.63) is 35.4 Å². The van der Waals surface area contributed by atoms with E-state index in [9.17, 15) is 0 Å². The van der Waals surface area contributed by atoms with Crippen molar-refractivity contribution < 1.29 is 9.47 Å². The van der Waals surface area contributed by atoms with Crippen LogP contribution in [-0.2, 0) is 15.9 Å². The molecule has 1 saturated carbocycles. The van der Waals surface area contributed by atoms with Gasteiger partial charge in [-0.1, -0.05) is 64.8 Å². The zero-order valence-corrected chi connectivity index (χ0v) is 15.4. The molecule has 1 heterocycles. The molecule has 2 nitrogen and oxygen atoms in total. The maximum Gasteiger partial charge on any atom is 0.183 e. The highest BCUT2D eigenvalue weighted by atomic mass is 16.7. The number of benzene rings is 1. The Morgan fingerprint density at radius 2 is 1.39 bits per heavy atom. The number of hydrogen-bond acceptors (Lipinski definition) is 2. The van der Waals surface area contributed by atoms with Crippen molar-refractivity contribution in [1.82, 2.24) is 0 Å². The minimum atomic E-state index is -0.161. The molecule has 0 bridgehead atoms. The summed E-state index contributed by atoms with van der Waals surface area (Å²) in [5.41, 5.74) is 2.62. The minimum Gasteiger partial charge on any atom is -0.348 e. The third-order valence-electron chi connectivity index (χ3n) is 4.98. The molecule has 130 valence electrons. The van der Waals surface area contributed by atoms with E-state index in [0.717, 1.165) is 30.6 Å². The molecule has 0 amide bonds. The molecule has 1 aromatic rings. The summed E-state index contributed by atoms with van der Waals surface area (Å²) >= 11 is 0. The highest BCUT2D eigenvalue weighted by Gasteiger charge is 2.21. The second kappa shape index (κ2) is 9.44. The first-order valence-electron chi connectivity index (χ1n) is 9.52. The van der Waals surface area contributed by atoms with Gasteiger partial charge >= 0.3 is 0 Å². The predicted molar refractivity (Wildman–Crippen MR) is 96.4 cm³/mol. The minimum absolute atomic E-state index is 0.161. The third kappa shape index (κ3) is 5.61. The number of hydrogen-bond donors (Lipinski definition) is 0. The summed E-state index contributed by atoms with van der Waals surface area (Å²) < 4.78 is 11.5. The summed E-state index contributed by atoms with van der Waals surface area (Å²) in [6.45, 7) is 10.1. The van der Waals surface area contributed by atoms with Gasteiger partial charge in [0.2, 0.25) is 0 Å². The molecule has 0 aromatic heterocycles. The van der Waals surface area contributed by atoms with Crippen LogP contribution in [0.25, 0.3) is 0 Å². The lowest BCUT2D eigenvalue weighted by atomic mass is 9.80. The van der Waals surface area contributed by atoms with Gasteiger partial charge in [-0.05, 0) is 36.7 Å². The van der Waals surface area contributed by atoms with Gasteiger partial charge in [0, 0.05) is 11.5 Å². The summed E-state index contributed by atoms with van der Waals surface area (Å²) in [7, 11) is 0. The molecular weight excluding hydrogens is 284 g/mol. The molecular formula is C21H34O2. The molecule has 2 aliphatic rings. The average molecular weight is 319 g/mol. The maximum absolute atomic E-state index is 5.76. The van der Waals surface area contributed by atoms with Crippen molar-refractivity contribution >= 4 is 0 Å². The van der Waals surface area contributed by atoms with E-state index >= 15 is 0 Å². The molecule has 0 N–H and O–H groups in total. The van der Waals surface area contributed by atoms with Gasteiger partial charge < -0.3 is 9.47 Å². The van der Waals surface area contributed by atoms with E-state index in [1.807, 2.05) is 13.8 Å². The largest absolute Gasteiger partial charge is 0.348 e. The van der Waals surface area contributed by atoms with E-state index < -0.39 is 0 Å². The Bertz CT molecular complexity index is 424. The molecule has 0 atom stereocenters. The highest BCUT2D eigenvalue weighted by molar-refractivity contribution is 5.24. The zero-order valence-electron chi connectivity index (χ0n) is 15.4. The molecule has 3 rings (SSSR count).